The minimum atomic E-state index is -4.94. The number of amides is 4. The van der Waals surface area contributed by atoms with Gasteiger partial charge in [0.05, 0.1) is 16.8 Å². The molecule has 2 aliphatic rings. The molecule has 3 aromatic rings. The molecule has 0 saturated heterocycles. The number of carbonyl (C=O) groups is 6. The van der Waals surface area contributed by atoms with Crippen LogP contribution < -0.4 is 0 Å². The molecule has 0 fully saturated rings. The van der Waals surface area contributed by atoms with Crippen LogP contribution in [0.2, 0.25) is 0 Å². The monoisotopic (exact) mass is 662 g/mol. The van der Waals surface area contributed by atoms with E-state index in [0.29, 0.717) is 26.8 Å². The van der Waals surface area contributed by atoms with E-state index in [1.165, 1.54) is 12.1 Å². The molecule has 3 N–H and O–H groups in total. The number of carbonyl (C=O) groups excluding carboxylic acids is 4. The first kappa shape index (κ1) is 33.7. The van der Waals surface area contributed by atoms with E-state index in [4.69, 9.17) is 0 Å². The molecule has 0 aromatic heterocycles. The van der Waals surface area contributed by atoms with Gasteiger partial charge in [0.1, 0.15) is 6.29 Å². The largest absolute Gasteiger partial charge is 0.480 e. The fourth-order valence-electron chi connectivity index (χ4n) is 6.86. The first-order valence-electron chi connectivity index (χ1n) is 15.3. The first-order chi connectivity index (χ1) is 22.2. The minimum Gasteiger partial charge on any atom is -0.480 e. The summed E-state index contributed by atoms with van der Waals surface area (Å²) in [7, 11) is -4.94. The van der Waals surface area contributed by atoms with Crippen molar-refractivity contribution in [2.45, 2.75) is 51.6 Å². The summed E-state index contributed by atoms with van der Waals surface area (Å²) in [5, 5.41) is 21.8. The first-order valence-corrected chi connectivity index (χ1v) is 17.2. The van der Waals surface area contributed by atoms with Crippen LogP contribution in [0.5, 0.6) is 0 Å². The Morgan fingerprint density at radius 2 is 1.21 bits per heavy atom. The summed E-state index contributed by atoms with van der Waals surface area (Å²) in [6.07, 6.45) is -1.29. The van der Waals surface area contributed by atoms with Crippen LogP contribution in [0.1, 0.15) is 87.4 Å². The number of nitrogens with zero attached hydrogens (tertiary/aromatic N) is 2. The average Bonchev–Trinajstić information content (AvgIpc) is 3.26. The lowest BCUT2D eigenvalue weighted by molar-refractivity contribution is -0.166. The van der Waals surface area contributed by atoms with Gasteiger partial charge in [-0.2, -0.15) is 0 Å². The summed E-state index contributed by atoms with van der Waals surface area (Å²) < 4.78 is 14.3. The number of imide groups is 2. The van der Waals surface area contributed by atoms with Crippen molar-refractivity contribution in [2.24, 2.45) is 11.3 Å². The fourth-order valence-corrected chi connectivity index (χ4v) is 9.32. The number of hydrogen-bond acceptors (Lipinski definition) is 7. The van der Waals surface area contributed by atoms with E-state index in [-0.39, 0.29) is 43.4 Å². The number of carboxylic acid groups (broad SMARTS) is 2. The van der Waals surface area contributed by atoms with Gasteiger partial charge in [-0.25, -0.2) is 0 Å². The molecule has 2 unspecified atom stereocenters. The summed E-state index contributed by atoms with van der Waals surface area (Å²) >= 11 is 0. The van der Waals surface area contributed by atoms with E-state index in [2.05, 4.69) is 0 Å². The van der Waals surface area contributed by atoms with Crippen molar-refractivity contribution < 1.29 is 48.4 Å². The molecular weight excluding hydrogens is 627 g/mol. The van der Waals surface area contributed by atoms with Gasteiger partial charge in [0.2, 0.25) is 7.37 Å². The molecule has 5 rings (SSSR count). The summed E-state index contributed by atoms with van der Waals surface area (Å²) in [6, 6.07) is 16.1. The van der Waals surface area contributed by atoms with Gasteiger partial charge in [-0.3, -0.25) is 43.1 Å². The van der Waals surface area contributed by atoms with Crippen molar-refractivity contribution in [3.05, 3.63) is 82.9 Å². The van der Waals surface area contributed by atoms with E-state index in [9.17, 15) is 48.4 Å². The molecule has 13 heteroatoms. The molecule has 2 atom stereocenters. The van der Waals surface area contributed by atoms with Gasteiger partial charge >= 0.3 is 11.9 Å². The normalized spacial score (nSPS) is 16.5. The van der Waals surface area contributed by atoms with Crippen LogP contribution >= 0.6 is 7.37 Å². The predicted molar refractivity (Wildman–Crippen MR) is 170 cm³/mol. The summed E-state index contributed by atoms with van der Waals surface area (Å²) in [5.74, 6) is -6.66. The van der Waals surface area contributed by atoms with E-state index >= 15 is 0 Å². The number of carboxylic acids is 2. The molecule has 2 heterocycles. The highest BCUT2D eigenvalue weighted by molar-refractivity contribution is 7.59. The van der Waals surface area contributed by atoms with Gasteiger partial charge in [0.25, 0.3) is 23.6 Å². The Bertz CT molecular complexity index is 1770. The quantitative estimate of drug-likeness (QED) is 0.0908. The molecule has 2 aliphatic heterocycles. The Morgan fingerprint density at radius 3 is 1.70 bits per heavy atom. The number of unbranched alkanes of at least 4 members (excludes halogenated alkanes) is 2. The zero-order valence-corrected chi connectivity index (χ0v) is 26.8. The third-order valence-electron chi connectivity index (χ3n) is 8.99. The third-order valence-corrected chi connectivity index (χ3v) is 11.3. The van der Waals surface area contributed by atoms with Crippen LogP contribution in [0.25, 0.3) is 10.8 Å². The zero-order chi connectivity index (χ0) is 34.3. The molecular formula is C34H35N2O10P. The number of benzene rings is 3. The van der Waals surface area contributed by atoms with E-state index < -0.39 is 72.6 Å². The Balaban J connectivity index is 1.40. The predicted octanol–water partition coefficient (Wildman–Crippen LogP) is 5.09. The van der Waals surface area contributed by atoms with Crippen molar-refractivity contribution in [3.8, 4) is 0 Å². The van der Waals surface area contributed by atoms with Crippen molar-refractivity contribution in [2.75, 3.05) is 12.8 Å². The third kappa shape index (κ3) is 5.87. The maximum absolute atomic E-state index is 14.3. The summed E-state index contributed by atoms with van der Waals surface area (Å²) in [5.41, 5.74) is -3.73. The van der Waals surface area contributed by atoms with Crippen molar-refractivity contribution in [1.82, 2.24) is 9.80 Å². The highest BCUT2D eigenvalue weighted by Gasteiger charge is 2.59. The number of rotatable bonds is 14. The van der Waals surface area contributed by atoms with Crippen LogP contribution in [0.3, 0.4) is 0 Å². The average molecular weight is 663 g/mol. The van der Waals surface area contributed by atoms with Crippen molar-refractivity contribution in [3.63, 3.8) is 0 Å². The van der Waals surface area contributed by atoms with Crippen LogP contribution in [0.15, 0.2) is 60.7 Å². The second-order valence-corrected chi connectivity index (χ2v) is 14.9. The molecule has 3 aromatic carbocycles. The molecule has 4 amide bonds. The fraction of sp³-hybridized carbons (Fsp3) is 0.353. The summed E-state index contributed by atoms with van der Waals surface area (Å²) in [6.45, 7) is 3.24. The Hall–Kier alpha value is -4.67. The van der Waals surface area contributed by atoms with E-state index in [1.807, 2.05) is 0 Å². The molecule has 12 nitrogen and oxygen atoms in total. The Morgan fingerprint density at radius 1 is 0.723 bits per heavy atom. The maximum atomic E-state index is 14.3. The molecule has 0 spiro atoms. The lowest BCUT2D eigenvalue weighted by Crippen LogP contribution is -2.51. The Labute approximate surface area is 270 Å². The highest BCUT2D eigenvalue weighted by atomic mass is 31.2. The van der Waals surface area contributed by atoms with Gasteiger partial charge in [-0.05, 0) is 54.8 Å². The molecule has 0 aliphatic carbocycles. The summed E-state index contributed by atoms with van der Waals surface area (Å²) in [4.78, 5) is 91.5. The SMILES string of the molecule is CC(C)CC(C(=O)O)(C(=O)O)C(CCCCCN1C(=O)c2ccccc2C1=O)P(=O)(O)CN1C(=O)c2cccc3cccc(c23)C1=O. The van der Waals surface area contributed by atoms with Gasteiger partial charge in [-0.1, -0.05) is 63.1 Å². The van der Waals surface area contributed by atoms with Crippen LogP contribution in [-0.4, -0.2) is 79.0 Å². The lowest BCUT2D eigenvalue weighted by atomic mass is 9.75. The van der Waals surface area contributed by atoms with Crippen molar-refractivity contribution in [1.29, 1.82) is 0 Å². The van der Waals surface area contributed by atoms with Crippen molar-refractivity contribution >= 4 is 53.7 Å². The zero-order valence-electron chi connectivity index (χ0n) is 25.9. The topological polar surface area (TPSA) is 187 Å². The Kier molecular flexibility index (Phi) is 9.21. The number of hydrogen-bond donors (Lipinski definition) is 3. The van der Waals surface area contributed by atoms with E-state index in [0.717, 1.165) is 4.90 Å². The van der Waals surface area contributed by atoms with Gasteiger partial charge < -0.3 is 15.1 Å². The van der Waals surface area contributed by atoms with Gasteiger partial charge in [0, 0.05) is 23.1 Å². The van der Waals surface area contributed by atoms with Crippen LogP contribution in [0.4, 0.5) is 0 Å². The van der Waals surface area contributed by atoms with E-state index in [1.54, 1.807) is 62.4 Å². The molecule has 0 radical (unpaired) electrons. The minimum absolute atomic E-state index is 0.0462. The smallest absolute Gasteiger partial charge is 0.321 e. The lowest BCUT2D eigenvalue weighted by Gasteiger charge is -2.39. The second-order valence-electron chi connectivity index (χ2n) is 12.5. The second kappa shape index (κ2) is 12.8. The molecule has 246 valence electrons. The molecule has 0 saturated carbocycles. The van der Waals surface area contributed by atoms with Crippen LogP contribution in [0, 0.1) is 11.3 Å². The van der Waals surface area contributed by atoms with Gasteiger partial charge in [0.15, 0.2) is 5.41 Å². The molecule has 47 heavy (non-hydrogen) atoms. The highest BCUT2D eigenvalue weighted by Crippen LogP contribution is 2.58. The number of fused-ring (bicyclic) bond motifs is 1. The molecule has 0 bridgehead atoms. The van der Waals surface area contributed by atoms with Gasteiger partial charge in [-0.15, -0.1) is 0 Å². The number of aliphatic carboxylic acids is 2. The van der Waals surface area contributed by atoms with Crippen LogP contribution in [-0.2, 0) is 14.2 Å². The maximum Gasteiger partial charge on any atom is 0.321 e. The standard InChI is InChI=1S/C34H35N2O10P/c1-20(2)18-34(32(41)42,33(43)44)26(16-4-3-7-17-35-28(37)22-12-5-6-13-23(22)29(35)38)47(45,46)19-36-30(39)24-14-8-10-21-11-9-15-25(27(21)24)31(36)40/h5-6,8-15,20,26H,3-4,7,16-19H2,1-2H3,(H,41,42)(H,43,44)(H,45,46).